The second-order valence-electron chi connectivity index (χ2n) is 2.05. The maximum absolute atomic E-state index is 5.37. The largest absolute Gasteiger partial charge is 0.406 e. The van der Waals surface area contributed by atoms with Crippen LogP contribution in [0.3, 0.4) is 0 Å². The number of hydrogen-bond acceptors (Lipinski definition) is 2. The zero-order valence-corrected chi connectivity index (χ0v) is 7.76. The van der Waals surface area contributed by atoms with E-state index in [1.54, 1.807) is 0 Å². The fraction of sp³-hybridized carbons (Fsp3) is 1.00. The number of nitrogens with one attached hydrogen (secondary N) is 1. The van der Waals surface area contributed by atoms with Gasteiger partial charge < -0.3 is 9.41 Å². The van der Waals surface area contributed by atoms with Crippen LogP contribution in [0.1, 0.15) is 20.3 Å². The maximum atomic E-state index is 5.37. The third-order valence-corrected chi connectivity index (χ3v) is 2.80. The van der Waals surface area contributed by atoms with Gasteiger partial charge in [-0.05, 0) is 26.4 Å². The monoisotopic (exact) mass is 147 g/mol. The summed E-state index contributed by atoms with van der Waals surface area (Å²) in [5.74, 6) is 0. The summed E-state index contributed by atoms with van der Waals surface area (Å²) < 4.78 is 5.37. The molecule has 1 unspecified atom stereocenters. The molecule has 0 saturated heterocycles. The van der Waals surface area contributed by atoms with E-state index in [2.05, 4.69) is 18.5 Å². The van der Waals surface area contributed by atoms with Crippen LogP contribution in [0.15, 0.2) is 0 Å². The summed E-state index contributed by atoms with van der Waals surface area (Å²) in [6.45, 7) is 8.33. The zero-order valence-electron chi connectivity index (χ0n) is 6.61. The molecule has 0 aromatic carbocycles. The van der Waals surface area contributed by atoms with E-state index in [1.165, 1.54) is 6.42 Å². The van der Waals surface area contributed by atoms with Crippen molar-refractivity contribution >= 4 is 9.20 Å². The van der Waals surface area contributed by atoms with Gasteiger partial charge in [-0.2, -0.15) is 0 Å². The molecule has 0 amide bonds. The SMILES string of the molecule is CCCN[SiH](C)OCC. The number of hydrogen-bond donors (Lipinski definition) is 1. The summed E-state index contributed by atoms with van der Waals surface area (Å²) in [5, 5.41) is 0. The highest BCUT2D eigenvalue weighted by atomic mass is 28.3. The molecule has 0 aliphatic rings. The van der Waals surface area contributed by atoms with Crippen LogP contribution in [0, 0.1) is 0 Å². The van der Waals surface area contributed by atoms with Gasteiger partial charge in [0.2, 0.25) is 9.20 Å². The predicted octanol–water partition coefficient (Wildman–Crippen LogP) is 0.873. The molecular weight excluding hydrogens is 130 g/mol. The van der Waals surface area contributed by atoms with Gasteiger partial charge in [-0.25, -0.2) is 0 Å². The van der Waals surface area contributed by atoms with Gasteiger partial charge in [0.1, 0.15) is 0 Å². The lowest BCUT2D eigenvalue weighted by molar-refractivity contribution is 0.337. The van der Waals surface area contributed by atoms with Crippen molar-refractivity contribution in [3.05, 3.63) is 0 Å². The van der Waals surface area contributed by atoms with Crippen molar-refractivity contribution in [1.82, 2.24) is 4.98 Å². The molecule has 0 bridgehead atoms. The first-order chi connectivity index (χ1) is 4.31. The second-order valence-corrected chi connectivity index (χ2v) is 4.08. The number of rotatable bonds is 5. The van der Waals surface area contributed by atoms with Gasteiger partial charge in [-0.15, -0.1) is 0 Å². The maximum Gasteiger partial charge on any atom is 0.249 e. The van der Waals surface area contributed by atoms with Crippen molar-refractivity contribution in [2.75, 3.05) is 13.2 Å². The van der Waals surface area contributed by atoms with Crippen LogP contribution in [-0.2, 0) is 4.43 Å². The Morgan fingerprint density at radius 2 is 2.11 bits per heavy atom. The Hall–Kier alpha value is 0.137. The molecule has 0 aromatic heterocycles. The third-order valence-electron chi connectivity index (χ3n) is 1.10. The molecule has 56 valence electrons. The minimum atomic E-state index is -0.970. The summed E-state index contributed by atoms with van der Waals surface area (Å²) in [4.78, 5) is 3.35. The van der Waals surface area contributed by atoms with E-state index in [9.17, 15) is 0 Å². The topological polar surface area (TPSA) is 21.3 Å². The van der Waals surface area contributed by atoms with Crippen LogP contribution >= 0.6 is 0 Å². The lowest BCUT2D eigenvalue weighted by Gasteiger charge is -2.09. The highest BCUT2D eigenvalue weighted by Gasteiger charge is 1.98. The van der Waals surface area contributed by atoms with E-state index in [1.807, 2.05) is 6.92 Å². The van der Waals surface area contributed by atoms with Crippen molar-refractivity contribution in [3.63, 3.8) is 0 Å². The van der Waals surface area contributed by atoms with Crippen LogP contribution in [0.25, 0.3) is 0 Å². The molecule has 0 heterocycles. The van der Waals surface area contributed by atoms with Gasteiger partial charge >= 0.3 is 0 Å². The Kier molecular flexibility index (Phi) is 6.35. The first-order valence-electron chi connectivity index (χ1n) is 3.66. The van der Waals surface area contributed by atoms with E-state index in [0.29, 0.717) is 0 Å². The fourth-order valence-corrected chi connectivity index (χ4v) is 1.97. The van der Waals surface area contributed by atoms with E-state index >= 15 is 0 Å². The van der Waals surface area contributed by atoms with E-state index in [4.69, 9.17) is 4.43 Å². The standard InChI is InChI=1S/C6H17NOSi/c1-4-6-7-9(3)8-5-2/h7,9H,4-6H2,1-3H3. The van der Waals surface area contributed by atoms with Gasteiger partial charge in [-0.3, -0.25) is 0 Å². The van der Waals surface area contributed by atoms with Crippen molar-refractivity contribution in [3.8, 4) is 0 Å². The minimum absolute atomic E-state index is 0.851. The average molecular weight is 147 g/mol. The Labute approximate surface area is 59.4 Å². The first-order valence-corrected chi connectivity index (χ1v) is 5.86. The Balaban J connectivity index is 2.95. The summed E-state index contributed by atoms with van der Waals surface area (Å²) >= 11 is 0. The molecule has 1 atom stereocenters. The Morgan fingerprint density at radius 3 is 2.56 bits per heavy atom. The normalized spacial score (nSPS) is 13.7. The molecule has 0 aliphatic carbocycles. The Morgan fingerprint density at radius 1 is 1.44 bits per heavy atom. The van der Waals surface area contributed by atoms with Crippen LogP contribution < -0.4 is 4.98 Å². The fourth-order valence-electron chi connectivity index (χ4n) is 0.657. The van der Waals surface area contributed by atoms with E-state index in [-0.39, 0.29) is 0 Å². The molecule has 1 N–H and O–H groups in total. The molecule has 0 aromatic rings. The smallest absolute Gasteiger partial charge is 0.249 e. The average Bonchev–Trinajstić information content (AvgIpc) is 1.85. The molecule has 0 fully saturated rings. The molecule has 9 heavy (non-hydrogen) atoms. The van der Waals surface area contributed by atoms with Crippen LogP contribution in [0.5, 0.6) is 0 Å². The highest BCUT2D eigenvalue weighted by Crippen LogP contribution is 1.79. The van der Waals surface area contributed by atoms with Crippen molar-refractivity contribution in [2.45, 2.75) is 26.8 Å². The summed E-state index contributed by atoms with van der Waals surface area (Å²) in [5.41, 5.74) is 0. The lowest BCUT2D eigenvalue weighted by atomic mass is 10.5. The molecular formula is C6H17NOSi. The van der Waals surface area contributed by atoms with Crippen molar-refractivity contribution < 1.29 is 4.43 Å². The summed E-state index contributed by atoms with van der Waals surface area (Å²) in [6.07, 6.45) is 1.20. The zero-order chi connectivity index (χ0) is 7.11. The van der Waals surface area contributed by atoms with Crippen molar-refractivity contribution in [1.29, 1.82) is 0 Å². The Bertz CT molecular complexity index is 61.0. The van der Waals surface area contributed by atoms with E-state index in [0.717, 1.165) is 13.2 Å². The minimum Gasteiger partial charge on any atom is -0.406 e. The molecule has 0 aliphatic heterocycles. The van der Waals surface area contributed by atoms with Crippen LogP contribution in [0.2, 0.25) is 6.55 Å². The summed E-state index contributed by atoms with van der Waals surface area (Å²) in [6, 6.07) is 0. The predicted molar refractivity (Wildman–Crippen MR) is 42.9 cm³/mol. The van der Waals surface area contributed by atoms with E-state index < -0.39 is 9.20 Å². The van der Waals surface area contributed by atoms with Gasteiger partial charge in [0.25, 0.3) is 0 Å². The van der Waals surface area contributed by atoms with Gasteiger partial charge in [0.15, 0.2) is 0 Å². The molecule has 0 rings (SSSR count). The van der Waals surface area contributed by atoms with Crippen molar-refractivity contribution in [2.24, 2.45) is 0 Å². The molecule has 0 spiro atoms. The quantitative estimate of drug-likeness (QED) is 0.583. The molecule has 0 radical (unpaired) electrons. The lowest BCUT2D eigenvalue weighted by Crippen LogP contribution is -2.34. The van der Waals surface area contributed by atoms with Gasteiger partial charge in [0.05, 0.1) is 0 Å². The molecule has 3 heteroatoms. The van der Waals surface area contributed by atoms with Crippen LogP contribution in [-0.4, -0.2) is 22.4 Å². The summed E-state index contributed by atoms with van der Waals surface area (Å²) in [7, 11) is -0.970. The third kappa shape index (κ3) is 6.02. The highest BCUT2D eigenvalue weighted by molar-refractivity contribution is 6.47. The first kappa shape index (κ1) is 9.14. The van der Waals surface area contributed by atoms with Gasteiger partial charge in [0, 0.05) is 6.61 Å². The molecule has 2 nitrogen and oxygen atoms in total. The second kappa shape index (κ2) is 6.26. The molecule has 0 saturated carbocycles. The van der Waals surface area contributed by atoms with Gasteiger partial charge in [-0.1, -0.05) is 6.92 Å². The van der Waals surface area contributed by atoms with Crippen LogP contribution in [0.4, 0.5) is 0 Å².